The predicted octanol–water partition coefficient (Wildman–Crippen LogP) is 1.45. The highest BCUT2D eigenvalue weighted by molar-refractivity contribution is 5.72. The van der Waals surface area contributed by atoms with E-state index >= 15 is 0 Å². The summed E-state index contributed by atoms with van der Waals surface area (Å²) in [5.74, 6) is -0.0258. The van der Waals surface area contributed by atoms with Crippen molar-refractivity contribution in [3.05, 3.63) is 4.91 Å². The van der Waals surface area contributed by atoms with Gasteiger partial charge in [0.15, 0.2) is 0 Å². The van der Waals surface area contributed by atoms with E-state index in [-0.39, 0.29) is 11.9 Å². The normalized spacial score (nSPS) is 12.2. The zero-order chi connectivity index (χ0) is 9.40. The maximum absolute atomic E-state index is 10.4. The van der Waals surface area contributed by atoms with Crippen LogP contribution in [0.2, 0.25) is 0 Å². The molecule has 1 atom stereocenters. The maximum atomic E-state index is 10.4. The zero-order valence-corrected chi connectivity index (χ0v) is 7.67. The molecule has 0 fully saturated rings. The van der Waals surface area contributed by atoms with Gasteiger partial charge in [-0.25, -0.2) is 0 Å². The molecule has 4 nitrogen and oxygen atoms in total. The molecular weight excluding hydrogens is 156 g/mol. The molecule has 0 bridgehead atoms. The first-order valence-corrected chi connectivity index (χ1v) is 4.27. The Morgan fingerprint density at radius 3 is 2.67 bits per heavy atom. The molecule has 0 saturated carbocycles. The third kappa shape index (κ3) is 5.82. The minimum atomic E-state index is -0.0845. The fourth-order valence-corrected chi connectivity index (χ4v) is 0.933. The van der Waals surface area contributed by atoms with Gasteiger partial charge < -0.3 is 5.32 Å². The summed E-state index contributed by atoms with van der Waals surface area (Å²) in [6.07, 6.45) is 2.37. The van der Waals surface area contributed by atoms with Gasteiger partial charge in [0.1, 0.15) is 0 Å². The molecule has 0 aromatic heterocycles. The Morgan fingerprint density at radius 1 is 1.58 bits per heavy atom. The third-order valence-corrected chi connectivity index (χ3v) is 1.71. The highest BCUT2D eigenvalue weighted by Gasteiger charge is 2.04. The molecule has 0 aromatic carbocycles. The van der Waals surface area contributed by atoms with Gasteiger partial charge in [0.25, 0.3) is 0 Å². The Labute approximate surface area is 72.7 Å². The topological polar surface area (TPSA) is 58.5 Å². The summed E-state index contributed by atoms with van der Waals surface area (Å²) in [4.78, 5) is 20.6. The molecule has 4 heteroatoms. The largest absolute Gasteiger partial charge is 0.356 e. The summed E-state index contributed by atoms with van der Waals surface area (Å²) < 4.78 is 0. The number of amides is 1. The quantitative estimate of drug-likeness (QED) is 0.487. The Kier molecular flexibility index (Phi) is 6.24. The van der Waals surface area contributed by atoms with Crippen molar-refractivity contribution in [1.82, 2.24) is 5.32 Å². The molecule has 0 aromatic rings. The van der Waals surface area contributed by atoms with Crippen LogP contribution in [0, 0.1) is 4.91 Å². The summed E-state index contributed by atoms with van der Waals surface area (Å²) in [5.41, 5.74) is 0. The molecule has 0 saturated heterocycles. The molecule has 0 aliphatic heterocycles. The highest BCUT2D eigenvalue weighted by atomic mass is 16.3. The Hall–Kier alpha value is -0.930. The van der Waals surface area contributed by atoms with E-state index in [4.69, 9.17) is 0 Å². The number of carbonyl (C=O) groups is 1. The molecular formula is C8H16N2O2. The van der Waals surface area contributed by atoms with E-state index < -0.39 is 0 Å². The lowest BCUT2D eigenvalue weighted by Crippen LogP contribution is -2.21. The lowest BCUT2D eigenvalue weighted by atomic mass is 10.1. The van der Waals surface area contributed by atoms with Crippen molar-refractivity contribution in [1.29, 1.82) is 0 Å². The average Bonchev–Trinajstić information content (AvgIpc) is 2.04. The van der Waals surface area contributed by atoms with Crippen LogP contribution in [0.4, 0.5) is 0 Å². The number of hydrogen-bond acceptors (Lipinski definition) is 3. The van der Waals surface area contributed by atoms with Crippen LogP contribution in [0.5, 0.6) is 0 Å². The van der Waals surface area contributed by atoms with E-state index in [2.05, 4.69) is 10.5 Å². The van der Waals surface area contributed by atoms with Crippen molar-refractivity contribution in [2.45, 2.75) is 39.2 Å². The zero-order valence-electron chi connectivity index (χ0n) is 7.67. The molecule has 1 N–H and O–H groups in total. The van der Waals surface area contributed by atoms with Crippen molar-refractivity contribution in [3.8, 4) is 0 Å². The maximum Gasteiger partial charge on any atom is 0.216 e. The molecule has 0 aliphatic rings. The molecule has 0 aliphatic carbocycles. The smallest absolute Gasteiger partial charge is 0.216 e. The van der Waals surface area contributed by atoms with Gasteiger partial charge in [-0.05, 0) is 19.3 Å². The van der Waals surface area contributed by atoms with Gasteiger partial charge in [-0.2, -0.15) is 4.91 Å². The summed E-state index contributed by atoms with van der Waals surface area (Å²) in [5, 5.41) is 5.63. The van der Waals surface area contributed by atoms with E-state index in [1.807, 2.05) is 6.92 Å². The van der Waals surface area contributed by atoms with E-state index in [1.165, 1.54) is 6.92 Å². The van der Waals surface area contributed by atoms with Gasteiger partial charge in [0.2, 0.25) is 5.91 Å². The fraction of sp³-hybridized carbons (Fsp3) is 0.875. The summed E-state index contributed by atoms with van der Waals surface area (Å²) in [7, 11) is 0. The highest BCUT2D eigenvalue weighted by Crippen LogP contribution is 2.04. The van der Waals surface area contributed by atoms with Gasteiger partial charge in [-0.15, -0.1) is 0 Å². The van der Waals surface area contributed by atoms with Crippen LogP contribution >= 0.6 is 0 Å². The van der Waals surface area contributed by atoms with Crippen molar-refractivity contribution >= 4 is 5.91 Å². The number of rotatable bonds is 6. The number of hydrogen-bond donors (Lipinski definition) is 1. The van der Waals surface area contributed by atoms with Crippen molar-refractivity contribution < 1.29 is 4.79 Å². The van der Waals surface area contributed by atoms with Gasteiger partial charge in [0.05, 0.1) is 6.04 Å². The molecule has 0 heterocycles. The van der Waals surface area contributed by atoms with Gasteiger partial charge in [-0.1, -0.05) is 12.1 Å². The Bertz CT molecular complexity index is 148. The van der Waals surface area contributed by atoms with Crippen molar-refractivity contribution in [3.63, 3.8) is 0 Å². The molecule has 70 valence electrons. The number of nitroso groups, excluding NO2 is 1. The molecule has 1 unspecified atom stereocenters. The van der Waals surface area contributed by atoms with Gasteiger partial charge in [-0.3, -0.25) is 4.79 Å². The van der Waals surface area contributed by atoms with Crippen LogP contribution in [-0.4, -0.2) is 18.5 Å². The molecule has 0 rings (SSSR count). The number of nitrogens with zero attached hydrogens (tertiary/aromatic N) is 1. The SMILES string of the molecule is CCC(CCCNC(C)=O)N=O. The van der Waals surface area contributed by atoms with E-state index in [1.54, 1.807) is 0 Å². The minimum absolute atomic E-state index is 0.0258. The van der Waals surface area contributed by atoms with Crippen molar-refractivity contribution in [2.75, 3.05) is 6.54 Å². The van der Waals surface area contributed by atoms with Crippen LogP contribution in [0.15, 0.2) is 5.18 Å². The van der Waals surface area contributed by atoms with E-state index in [0.717, 1.165) is 19.3 Å². The van der Waals surface area contributed by atoms with Crippen LogP contribution in [-0.2, 0) is 4.79 Å². The Morgan fingerprint density at radius 2 is 2.25 bits per heavy atom. The minimum Gasteiger partial charge on any atom is -0.356 e. The number of carbonyl (C=O) groups excluding carboxylic acids is 1. The summed E-state index contributed by atoms with van der Waals surface area (Å²) in [6, 6.07) is -0.0845. The molecule has 0 spiro atoms. The fourth-order valence-electron chi connectivity index (χ4n) is 0.933. The first-order chi connectivity index (χ1) is 5.70. The lowest BCUT2D eigenvalue weighted by Gasteiger charge is -2.05. The van der Waals surface area contributed by atoms with Crippen LogP contribution in [0.1, 0.15) is 33.1 Å². The first-order valence-electron chi connectivity index (χ1n) is 4.27. The first kappa shape index (κ1) is 11.1. The lowest BCUT2D eigenvalue weighted by molar-refractivity contribution is -0.118. The van der Waals surface area contributed by atoms with E-state index in [9.17, 15) is 9.70 Å². The average molecular weight is 172 g/mol. The van der Waals surface area contributed by atoms with Crippen LogP contribution in [0.25, 0.3) is 0 Å². The van der Waals surface area contributed by atoms with Gasteiger partial charge >= 0.3 is 0 Å². The summed E-state index contributed by atoms with van der Waals surface area (Å²) in [6.45, 7) is 4.06. The van der Waals surface area contributed by atoms with Crippen molar-refractivity contribution in [2.24, 2.45) is 5.18 Å². The van der Waals surface area contributed by atoms with Crippen LogP contribution < -0.4 is 5.32 Å². The van der Waals surface area contributed by atoms with Gasteiger partial charge in [0, 0.05) is 13.5 Å². The Balaban J connectivity index is 3.29. The second-order valence-corrected chi connectivity index (χ2v) is 2.79. The number of nitrogens with one attached hydrogen (secondary N) is 1. The van der Waals surface area contributed by atoms with Crippen LogP contribution in [0.3, 0.4) is 0 Å². The predicted molar refractivity (Wildman–Crippen MR) is 47.8 cm³/mol. The third-order valence-electron chi connectivity index (χ3n) is 1.71. The molecule has 0 radical (unpaired) electrons. The van der Waals surface area contributed by atoms with E-state index in [0.29, 0.717) is 6.54 Å². The second kappa shape index (κ2) is 6.76. The second-order valence-electron chi connectivity index (χ2n) is 2.79. The molecule has 1 amide bonds. The molecule has 12 heavy (non-hydrogen) atoms. The monoisotopic (exact) mass is 172 g/mol. The summed E-state index contributed by atoms with van der Waals surface area (Å²) >= 11 is 0. The standard InChI is InChI=1S/C8H16N2O2/c1-3-8(10-12)5-4-6-9-7(2)11/h8H,3-6H2,1-2H3,(H,9,11).